The van der Waals surface area contributed by atoms with Gasteiger partial charge in [0.1, 0.15) is 5.75 Å². The van der Waals surface area contributed by atoms with Gasteiger partial charge in [0, 0.05) is 21.8 Å². The number of hydrogen-bond acceptors (Lipinski definition) is 6. The normalized spacial score (nSPS) is 25.3. The van der Waals surface area contributed by atoms with Crippen molar-refractivity contribution in [3.05, 3.63) is 64.2 Å². The van der Waals surface area contributed by atoms with Gasteiger partial charge >= 0.3 is 5.97 Å². The number of imide groups is 1. The Kier molecular flexibility index (Phi) is 5.94. The molecule has 0 bridgehead atoms. The maximum Gasteiger partial charge on any atom is 0.343 e. The predicted molar refractivity (Wildman–Crippen MR) is 119 cm³/mol. The molecule has 31 heavy (non-hydrogen) atoms. The minimum absolute atomic E-state index is 0.0425. The van der Waals surface area contributed by atoms with Crippen molar-refractivity contribution < 1.29 is 24.0 Å². The first-order valence-electron chi connectivity index (χ1n) is 9.49. The van der Waals surface area contributed by atoms with Crippen molar-refractivity contribution in [3.8, 4) is 5.75 Å². The van der Waals surface area contributed by atoms with E-state index in [-0.39, 0.29) is 50.3 Å². The summed E-state index contributed by atoms with van der Waals surface area (Å²) >= 11 is 7.13. The number of anilines is 1. The summed E-state index contributed by atoms with van der Waals surface area (Å²) in [6.45, 7) is 0. The molecule has 160 valence electrons. The molecule has 4 atom stereocenters. The monoisotopic (exact) mass is 550 g/mol. The number of nitro groups is 1. The van der Waals surface area contributed by atoms with E-state index in [9.17, 15) is 24.5 Å². The topological polar surface area (TPSA) is 107 Å². The van der Waals surface area contributed by atoms with Crippen molar-refractivity contribution in [2.75, 3.05) is 4.90 Å². The number of nitro benzene ring substituents is 1. The molecule has 1 saturated heterocycles. The van der Waals surface area contributed by atoms with Crippen LogP contribution in [0.4, 0.5) is 11.4 Å². The molecule has 8 nitrogen and oxygen atoms in total. The van der Waals surface area contributed by atoms with Gasteiger partial charge in [0.25, 0.3) is 5.69 Å². The van der Waals surface area contributed by atoms with Crippen LogP contribution in [0.15, 0.2) is 48.5 Å². The number of hydrogen-bond donors (Lipinski definition) is 0. The third-order valence-corrected chi connectivity index (χ3v) is 8.24. The van der Waals surface area contributed by atoms with Crippen LogP contribution in [0, 0.1) is 22.0 Å². The van der Waals surface area contributed by atoms with Crippen LogP contribution in [0.3, 0.4) is 0 Å². The lowest BCUT2D eigenvalue weighted by atomic mass is 9.81. The number of ether oxygens (including phenoxy) is 1. The number of nitrogens with zero attached hydrogens (tertiary/aromatic N) is 2. The Labute approximate surface area is 194 Å². The number of non-ortho nitro benzene ring substituents is 1. The lowest BCUT2D eigenvalue weighted by Gasteiger charge is -2.29. The lowest BCUT2D eigenvalue weighted by molar-refractivity contribution is -0.384. The average molecular weight is 552 g/mol. The number of esters is 1. The number of amides is 2. The predicted octanol–water partition coefficient (Wildman–Crippen LogP) is 4.24. The Hall–Kier alpha value is -2.59. The van der Waals surface area contributed by atoms with Gasteiger partial charge in [-0.2, -0.15) is 0 Å². The van der Waals surface area contributed by atoms with E-state index in [2.05, 4.69) is 31.9 Å². The van der Waals surface area contributed by atoms with E-state index in [1.165, 1.54) is 35.2 Å². The number of carbonyl (C=O) groups excluding carboxylic acids is 3. The second-order valence-electron chi connectivity index (χ2n) is 7.42. The van der Waals surface area contributed by atoms with Crippen molar-refractivity contribution in [3.63, 3.8) is 0 Å². The fraction of sp³-hybridized carbons (Fsp3) is 0.286. The molecule has 10 heteroatoms. The molecular weight excluding hydrogens is 536 g/mol. The summed E-state index contributed by atoms with van der Waals surface area (Å²) < 4.78 is 5.27. The fourth-order valence-electron chi connectivity index (χ4n) is 3.93. The van der Waals surface area contributed by atoms with Crippen LogP contribution in [-0.2, 0) is 9.59 Å². The van der Waals surface area contributed by atoms with Crippen LogP contribution >= 0.6 is 31.9 Å². The van der Waals surface area contributed by atoms with E-state index < -0.39 is 10.9 Å². The zero-order valence-electron chi connectivity index (χ0n) is 15.9. The number of halogens is 2. The number of carbonyl (C=O) groups is 3. The van der Waals surface area contributed by atoms with Gasteiger partial charge in [0.15, 0.2) is 0 Å². The van der Waals surface area contributed by atoms with Crippen molar-refractivity contribution in [2.45, 2.75) is 22.5 Å². The van der Waals surface area contributed by atoms with Gasteiger partial charge in [0.2, 0.25) is 11.8 Å². The van der Waals surface area contributed by atoms with Crippen LogP contribution in [0.1, 0.15) is 23.2 Å². The molecule has 0 spiro atoms. The Bertz CT molecular complexity index is 1050. The summed E-state index contributed by atoms with van der Waals surface area (Å²) in [5.74, 6) is -1.70. The first kappa shape index (κ1) is 21.6. The summed E-state index contributed by atoms with van der Waals surface area (Å²) in [6, 6.07) is 11.3. The number of alkyl halides is 2. The van der Waals surface area contributed by atoms with E-state index in [0.717, 1.165) is 6.07 Å². The van der Waals surface area contributed by atoms with Crippen LogP contribution in [0.5, 0.6) is 5.75 Å². The minimum Gasteiger partial charge on any atom is -0.423 e. The quantitative estimate of drug-likeness (QED) is 0.140. The molecule has 1 heterocycles. The Morgan fingerprint density at radius 1 is 1.00 bits per heavy atom. The Morgan fingerprint density at radius 3 is 2.13 bits per heavy atom. The maximum absolute atomic E-state index is 12.9. The van der Waals surface area contributed by atoms with E-state index in [4.69, 9.17) is 4.74 Å². The van der Waals surface area contributed by atoms with Crippen LogP contribution in [0.2, 0.25) is 0 Å². The third-order valence-electron chi connectivity index (χ3n) is 5.51. The van der Waals surface area contributed by atoms with E-state index in [1.807, 2.05) is 0 Å². The van der Waals surface area contributed by atoms with E-state index in [1.54, 1.807) is 12.1 Å². The molecule has 2 aromatic carbocycles. The second-order valence-corrected chi connectivity index (χ2v) is 9.77. The van der Waals surface area contributed by atoms with Crippen LogP contribution in [-0.4, -0.2) is 32.4 Å². The van der Waals surface area contributed by atoms with Crippen molar-refractivity contribution in [2.24, 2.45) is 11.8 Å². The Morgan fingerprint density at radius 2 is 1.58 bits per heavy atom. The number of fused-ring (bicyclic) bond motifs is 1. The fourth-order valence-corrected chi connectivity index (χ4v) is 5.16. The standard InChI is InChI=1S/C21H16Br2N2O6/c22-17-9-15-16(10-18(17)23)20(27)24(19(15)26)12-4-6-14(7-5-12)31-21(28)11-2-1-3-13(8-11)25(29)30/h1-8,15-18H,9-10H2/t15-,16+,17-,18-/m1/s1. The van der Waals surface area contributed by atoms with Crippen molar-refractivity contribution >= 4 is 61.0 Å². The van der Waals surface area contributed by atoms with Gasteiger partial charge in [-0.15, -0.1) is 0 Å². The Balaban J connectivity index is 1.49. The smallest absolute Gasteiger partial charge is 0.343 e. The molecule has 2 fully saturated rings. The van der Waals surface area contributed by atoms with Crippen LogP contribution in [0.25, 0.3) is 0 Å². The highest BCUT2D eigenvalue weighted by molar-refractivity contribution is 9.12. The van der Waals surface area contributed by atoms with Crippen molar-refractivity contribution in [1.82, 2.24) is 0 Å². The third kappa shape index (κ3) is 4.14. The number of rotatable bonds is 4. The van der Waals surface area contributed by atoms with Gasteiger partial charge in [0.05, 0.1) is 28.0 Å². The van der Waals surface area contributed by atoms with Crippen LogP contribution < -0.4 is 9.64 Å². The second kappa shape index (κ2) is 8.51. The van der Waals surface area contributed by atoms with Gasteiger partial charge in [-0.05, 0) is 43.2 Å². The SMILES string of the molecule is O=C(Oc1ccc(N2C(=O)[C@H]3C[C@@H](Br)[C@H](Br)C[C@H]3C2=O)cc1)c1cccc([N+](=O)[O-])c1. The molecule has 0 radical (unpaired) electrons. The first-order chi connectivity index (χ1) is 14.8. The summed E-state index contributed by atoms with van der Waals surface area (Å²) in [6.07, 6.45) is 1.17. The van der Waals surface area contributed by atoms with Crippen molar-refractivity contribution in [1.29, 1.82) is 0 Å². The van der Waals surface area contributed by atoms with Gasteiger partial charge < -0.3 is 4.74 Å². The zero-order chi connectivity index (χ0) is 22.3. The molecule has 0 N–H and O–H groups in total. The molecule has 0 unspecified atom stereocenters. The molecule has 1 aliphatic heterocycles. The molecule has 4 rings (SSSR count). The average Bonchev–Trinajstić information content (AvgIpc) is 2.99. The van der Waals surface area contributed by atoms with Gasteiger partial charge in [-0.3, -0.25) is 24.6 Å². The first-order valence-corrected chi connectivity index (χ1v) is 11.3. The highest BCUT2D eigenvalue weighted by atomic mass is 79.9. The molecule has 0 aromatic heterocycles. The molecule has 2 amide bonds. The minimum atomic E-state index is -0.748. The molecule has 2 aliphatic rings. The number of benzene rings is 2. The lowest BCUT2D eigenvalue weighted by Crippen LogP contribution is -2.34. The highest BCUT2D eigenvalue weighted by Crippen LogP contribution is 2.44. The largest absolute Gasteiger partial charge is 0.423 e. The highest BCUT2D eigenvalue weighted by Gasteiger charge is 2.52. The van der Waals surface area contributed by atoms with Gasteiger partial charge in [-0.25, -0.2) is 4.79 Å². The summed E-state index contributed by atoms with van der Waals surface area (Å²) in [7, 11) is 0. The summed E-state index contributed by atoms with van der Waals surface area (Å²) in [4.78, 5) is 49.8. The molecule has 2 aromatic rings. The molecule has 1 aliphatic carbocycles. The summed E-state index contributed by atoms with van der Waals surface area (Å²) in [5.41, 5.74) is 0.242. The van der Waals surface area contributed by atoms with E-state index in [0.29, 0.717) is 18.5 Å². The van der Waals surface area contributed by atoms with Gasteiger partial charge in [-0.1, -0.05) is 37.9 Å². The molecule has 1 saturated carbocycles. The van der Waals surface area contributed by atoms with E-state index >= 15 is 0 Å². The summed E-state index contributed by atoms with van der Waals surface area (Å²) in [5, 5.41) is 10.9. The maximum atomic E-state index is 12.9. The molecular formula is C21H16Br2N2O6. The zero-order valence-corrected chi connectivity index (χ0v) is 19.1.